The van der Waals surface area contributed by atoms with Crippen molar-refractivity contribution in [3.63, 3.8) is 0 Å². The molecule has 3 heterocycles. The second-order valence-electron chi connectivity index (χ2n) is 4.04. The molecule has 21 heavy (non-hydrogen) atoms. The summed E-state index contributed by atoms with van der Waals surface area (Å²) in [6.45, 7) is 0. The molecule has 3 aromatic rings. The number of hydrogen-bond acceptors (Lipinski definition) is 5. The third-order valence-electron chi connectivity index (χ3n) is 2.76. The maximum Gasteiger partial charge on any atom is 0.239 e. The molecule has 0 aromatic carbocycles. The van der Waals surface area contributed by atoms with E-state index < -0.39 is 0 Å². The van der Waals surface area contributed by atoms with Gasteiger partial charge in [0, 0.05) is 18.0 Å². The van der Waals surface area contributed by atoms with Gasteiger partial charge < -0.3 is 4.74 Å². The zero-order valence-corrected chi connectivity index (χ0v) is 12.4. The van der Waals surface area contributed by atoms with Crippen molar-refractivity contribution in [3.05, 3.63) is 47.2 Å². The fraction of sp³-hybridized carbons (Fsp3) is 0.0769. The molecule has 0 amide bonds. The average molecular weight is 322 g/mol. The standard InChI is InChI=1S/C13H9Cl2N5O/c1-21-12-10(3-2-4-16-12)20-7-8(5-18-20)11-9(14)6-17-13(15)19-11/h2-7H,1H3. The Morgan fingerprint density at radius 1 is 1.19 bits per heavy atom. The first kappa shape index (κ1) is 13.8. The minimum Gasteiger partial charge on any atom is -0.479 e. The smallest absolute Gasteiger partial charge is 0.239 e. The van der Waals surface area contributed by atoms with Crippen LogP contribution >= 0.6 is 23.2 Å². The van der Waals surface area contributed by atoms with Crippen LogP contribution in [0, 0.1) is 0 Å². The van der Waals surface area contributed by atoms with E-state index in [1.807, 2.05) is 6.07 Å². The van der Waals surface area contributed by atoms with Gasteiger partial charge in [0.05, 0.1) is 30.2 Å². The molecule has 3 aromatic heterocycles. The highest BCUT2D eigenvalue weighted by molar-refractivity contribution is 6.33. The van der Waals surface area contributed by atoms with Crippen LogP contribution < -0.4 is 4.74 Å². The molecular formula is C13H9Cl2N5O. The number of aromatic nitrogens is 5. The van der Waals surface area contributed by atoms with Crippen molar-refractivity contribution in [1.82, 2.24) is 24.7 Å². The molecule has 0 saturated carbocycles. The van der Waals surface area contributed by atoms with Crippen LogP contribution in [0.1, 0.15) is 0 Å². The fourth-order valence-corrected chi connectivity index (χ4v) is 2.17. The molecule has 3 rings (SSSR count). The molecule has 0 aliphatic carbocycles. The molecule has 106 valence electrons. The summed E-state index contributed by atoms with van der Waals surface area (Å²) in [6, 6.07) is 3.64. The topological polar surface area (TPSA) is 65.7 Å². The number of halogens is 2. The van der Waals surface area contributed by atoms with Crippen LogP contribution in [0.3, 0.4) is 0 Å². The Morgan fingerprint density at radius 2 is 2.05 bits per heavy atom. The van der Waals surface area contributed by atoms with Crippen molar-refractivity contribution in [3.8, 4) is 22.8 Å². The number of methoxy groups -OCH3 is 1. The SMILES string of the molecule is COc1ncccc1-n1cc(-c2nc(Cl)ncc2Cl)cn1. The van der Waals surface area contributed by atoms with Crippen LogP contribution in [0.25, 0.3) is 16.9 Å². The maximum atomic E-state index is 6.09. The van der Waals surface area contributed by atoms with Gasteiger partial charge in [0.15, 0.2) is 0 Å². The molecule has 0 bridgehead atoms. The Kier molecular flexibility index (Phi) is 3.72. The third-order valence-corrected chi connectivity index (χ3v) is 3.22. The molecule has 0 radical (unpaired) electrons. The molecule has 0 spiro atoms. The number of hydrogen-bond donors (Lipinski definition) is 0. The van der Waals surface area contributed by atoms with Crippen molar-refractivity contribution < 1.29 is 4.74 Å². The van der Waals surface area contributed by atoms with E-state index in [2.05, 4.69) is 20.1 Å². The maximum absolute atomic E-state index is 6.09. The lowest BCUT2D eigenvalue weighted by molar-refractivity contribution is 0.395. The van der Waals surface area contributed by atoms with Gasteiger partial charge >= 0.3 is 0 Å². The molecular weight excluding hydrogens is 313 g/mol. The van der Waals surface area contributed by atoms with E-state index in [0.29, 0.717) is 22.3 Å². The van der Waals surface area contributed by atoms with Crippen LogP contribution in [-0.2, 0) is 0 Å². The van der Waals surface area contributed by atoms with Crippen molar-refractivity contribution in [2.45, 2.75) is 0 Å². The average Bonchev–Trinajstić information content (AvgIpc) is 2.99. The Balaban J connectivity index is 2.06. The summed E-state index contributed by atoms with van der Waals surface area (Å²) >= 11 is 11.9. The number of rotatable bonds is 3. The normalized spacial score (nSPS) is 10.6. The molecule has 0 unspecified atom stereocenters. The van der Waals surface area contributed by atoms with E-state index >= 15 is 0 Å². The summed E-state index contributed by atoms with van der Waals surface area (Å²) in [7, 11) is 1.55. The van der Waals surface area contributed by atoms with E-state index in [0.717, 1.165) is 5.56 Å². The van der Waals surface area contributed by atoms with E-state index in [-0.39, 0.29) is 5.28 Å². The number of pyridine rings is 1. The van der Waals surface area contributed by atoms with E-state index in [1.54, 1.807) is 36.4 Å². The molecule has 0 aliphatic rings. The summed E-state index contributed by atoms with van der Waals surface area (Å²) in [6.07, 6.45) is 6.50. The zero-order valence-electron chi connectivity index (χ0n) is 10.9. The summed E-state index contributed by atoms with van der Waals surface area (Å²) in [5.41, 5.74) is 1.95. The lowest BCUT2D eigenvalue weighted by atomic mass is 10.2. The summed E-state index contributed by atoms with van der Waals surface area (Å²) in [4.78, 5) is 12.1. The van der Waals surface area contributed by atoms with Gasteiger partial charge in [0.1, 0.15) is 5.69 Å². The van der Waals surface area contributed by atoms with E-state index in [9.17, 15) is 0 Å². The number of nitrogens with zero attached hydrogens (tertiary/aromatic N) is 5. The van der Waals surface area contributed by atoms with Gasteiger partial charge in [-0.1, -0.05) is 11.6 Å². The molecule has 0 saturated heterocycles. The van der Waals surface area contributed by atoms with Crippen LogP contribution in [0.2, 0.25) is 10.3 Å². The molecule has 6 nitrogen and oxygen atoms in total. The molecule has 0 aliphatic heterocycles. The van der Waals surface area contributed by atoms with E-state index in [4.69, 9.17) is 27.9 Å². The Bertz CT molecular complexity index is 790. The Morgan fingerprint density at radius 3 is 2.86 bits per heavy atom. The predicted molar refractivity (Wildman–Crippen MR) is 79.0 cm³/mol. The molecule has 0 N–H and O–H groups in total. The monoisotopic (exact) mass is 321 g/mol. The summed E-state index contributed by atoms with van der Waals surface area (Å²) < 4.78 is 6.85. The quantitative estimate of drug-likeness (QED) is 0.694. The molecule has 8 heteroatoms. The van der Waals surface area contributed by atoms with Crippen molar-refractivity contribution in [2.75, 3.05) is 7.11 Å². The first-order valence-corrected chi connectivity index (χ1v) is 6.67. The third kappa shape index (κ3) is 2.68. The van der Waals surface area contributed by atoms with Crippen LogP contribution in [0.5, 0.6) is 5.88 Å². The van der Waals surface area contributed by atoms with Crippen LogP contribution in [0.4, 0.5) is 0 Å². The minimum absolute atomic E-state index is 0.126. The highest BCUT2D eigenvalue weighted by atomic mass is 35.5. The summed E-state index contributed by atoms with van der Waals surface area (Å²) in [5.74, 6) is 0.471. The Hall–Kier alpha value is -2.18. The van der Waals surface area contributed by atoms with E-state index in [1.165, 1.54) is 6.20 Å². The van der Waals surface area contributed by atoms with Crippen molar-refractivity contribution >= 4 is 23.2 Å². The van der Waals surface area contributed by atoms with Gasteiger partial charge in [-0.05, 0) is 23.7 Å². The number of ether oxygens (including phenoxy) is 1. The van der Waals surface area contributed by atoms with Crippen LogP contribution in [0.15, 0.2) is 36.9 Å². The second kappa shape index (κ2) is 5.67. The van der Waals surface area contributed by atoms with Crippen molar-refractivity contribution in [1.29, 1.82) is 0 Å². The van der Waals surface area contributed by atoms with Gasteiger partial charge in [0.25, 0.3) is 0 Å². The highest BCUT2D eigenvalue weighted by Gasteiger charge is 2.12. The molecule has 0 atom stereocenters. The second-order valence-corrected chi connectivity index (χ2v) is 4.79. The van der Waals surface area contributed by atoms with Gasteiger partial charge in [-0.2, -0.15) is 5.10 Å². The van der Waals surface area contributed by atoms with Gasteiger partial charge in [-0.15, -0.1) is 0 Å². The Labute approximate surface area is 130 Å². The fourth-order valence-electron chi connectivity index (χ4n) is 1.84. The largest absolute Gasteiger partial charge is 0.479 e. The lowest BCUT2D eigenvalue weighted by Gasteiger charge is -2.06. The minimum atomic E-state index is 0.126. The first-order valence-electron chi connectivity index (χ1n) is 5.91. The lowest BCUT2D eigenvalue weighted by Crippen LogP contribution is -1.99. The summed E-state index contributed by atoms with van der Waals surface area (Å²) in [5, 5.41) is 4.80. The highest BCUT2D eigenvalue weighted by Crippen LogP contribution is 2.27. The van der Waals surface area contributed by atoms with Gasteiger partial charge in [-0.25, -0.2) is 19.6 Å². The zero-order chi connectivity index (χ0) is 14.8. The van der Waals surface area contributed by atoms with Crippen molar-refractivity contribution in [2.24, 2.45) is 0 Å². The van der Waals surface area contributed by atoms with Crippen LogP contribution in [-0.4, -0.2) is 31.8 Å². The molecule has 0 fully saturated rings. The van der Waals surface area contributed by atoms with Gasteiger partial charge in [-0.3, -0.25) is 0 Å². The van der Waals surface area contributed by atoms with Gasteiger partial charge in [0.2, 0.25) is 11.2 Å². The predicted octanol–water partition coefficient (Wildman–Crippen LogP) is 3.04. The first-order chi connectivity index (χ1) is 10.2.